The van der Waals surface area contributed by atoms with Gasteiger partial charge in [0.2, 0.25) is 15.9 Å². The van der Waals surface area contributed by atoms with Crippen LogP contribution in [-0.2, 0) is 21.4 Å². The number of methoxy groups -OCH3 is 1. The Labute approximate surface area is 176 Å². The van der Waals surface area contributed by atoms with Crippen LogP contribution in [0.3, 0.4) is 0 Å². The number of carbonyl (C=O) groups excluding carboxylic acids is 1. The summed E-state index contributed by atoms with van der Waals surface area (Å²) in [7, 11) is -2.30. The number of amides is 1. The smallest absolute Gasteiger partial charge is 0.243 e. The Kier molecular flexibility index (Phi) is 7.66. The average molecular weight is 439 g/mol. The summed E-state index contributed by atoms with van der Waals surface area (Å²) in [6.07, 6.45) is 0.954. The van der Waals surface area contributed by atoms with Crippen LogP contribution in [0.4, 0.5) is 10.1 Å². The molecule has 1 amide bonds. The van der Waals surface area contributed by atoms with E-state index in [1.54, 1.807) is 18.2 Å². The van der Waals surface area contributed by atoms with E-state index in [2.05, 4.69) is 5.32 Å². The number of anilines is 1. The summed E-state index contributed by atoms with van der Waals surface area (Å²) in [4.78, 5) is 12.7. The third kappa shape index (κ3) is 6.09. The maximum Gasteiger partial charge on any atom is 0.243 e. The van der Waals surface area contributed by atoms with Gasteiger partial charge < -0.3 is 14.8 Å². The van der Waals surface area contributed by atoms with Crippen molar-refractivity contribution in [1.29, 1.82) is 0 Å². The van der Waals surface area contributed by atoms with Crippen molar-refractivity contribution in [2.75, 3.05) is 17.7 Å². The Bertz CT molecular complexity index is 995. The molecule has 9 heteroatoms. The van der Waals surface area contributed by atoms with E-state index in [1.165, 1.54) is 32.2 Å². The fourth-order valence-electron chi connectivity index (χ4n) is 2.93. The van der Waals surface area contributed by atoms with Crippen LogP contribution in [0.5, 0.6) is 11.5 Å². The number of hydrogen-bond acceptors (Lipinski definition) is 5. The fourth-order valence-corrected chi connectivity index (χ4v) is 4.10. The van der Waals surface area contributed by atoms with E-state index in [0.29, 0.717) is 11.5 Å². The third-order valence-electron chi connectivity index (χ3n) is 4.21. The second-order valence-electron chi connectivity index (χ2n) is 7.08. The molecule has 0 aliphatic heterocycles. The number of halogens is 1. The molecule has 164 valence electrons. The average Bonchev–Trinajstić information content (AvgIpc) is 2.65. The Hall–Kier alpha value is -2.81. The van der Waals surface area contributed by atoms with Crippen LogP contribution < -0.4 is 19.1 Å². The van der Waals surface area contributed by atoms with Crippen LogP contribution in [0.15, 0.2) is 42.5 Å². The van der Waals surface area contributed by atoms with E-state index in [1.807, 2.05) is 13.8 Å². The highest BCUT2D eigenvalue weighted by atomic mass is 32.2. The van der Waals surface area contributed by atoms with Crippen molar-refractivity contribution in [1.82, 2.24) is 5.32 Å². The van der Waals surface area contributed by atoms with E-state index in [9.17, 15) is 17.6 Å². The minimum absolute atomic E-state index is 0.0184. The fraction of sp³-hybridized carbons (Fsp3) is 0.381. The van der Waals surface area contributed by atoms with Crippen molar-refractivity contribution in [3.8, 4) is 11.5 Å². The predicted octanol–water partition coefficient (Wildman–Crippen LogP) is 3.09. The summed E-state index contributed by atoms with van der Waals surface area (Å²) in [6.45, 7) is 5.41. The van der Waals surface area contributed by atoms with Gasteiger partial charge in [-0.1, -0.05) is 12.1 Å². The van der Waals surface area contributed by atoms with E-state index in [0.717, 1.165) is 22.2 Å². The second-order valence-corrected chi connectivity index (χ2v) is 8.94. The van der Waals surface area contributed by atoms with Crippen LogP contribution in [-0.4, -0.2) is 39.8 Å². The quantitative estimate of drug-likeness (QED) is 0.650. The van der Waals surface area contributed by atoms with Crippen LogP contribution in [0.25, 0.3) is 0 Å². The molecule has 7 nitrogen and oxygen atoms in total. The van der Waals surface area contributed by atoms with Gasteiger partial charge in [0.15, 0.2) is 11.5 Å². The van der Waals surface area contributed by atoms with Gasteiger partial charge >= 0.3 is 0 Å². The van der Waals surface area contributed by atoms with E-state index in [4.69, 9.17) is 9.47 Å². The summed E-state index contributed by atoms with van der Waals surface area (Å²) < 4.78 is 50.0. The number of rotatable bonds is 9. The Balaban J connectivity index is 2.16. The topological polar surface area (TPSA) is 84.9 Å². The summed E-state index contributed by atoms with van der Waals surface area (Å²) in [5.74, 6) is 0.00189. The lowest BCUT2D eigenvalue weighted by Gasteiger charge is -2.28. The van der Waals surface area contributed by atoms with Crippen LogP contribution in [0.1, 0.15) is 26.3 Å². The van der Waals surface area contributed by atoms with Gasteiger partial charge in [0, 0.05) is 6.54 Å². The Morgan fingerprint density at radius 2 is 1.83 bits per heavy atom. The maximum absolute atomic E-state index is 13.6. The second kappa shape index (κ2) is 9.80. The van der Waals surface area contributed by atoms with Crippen LogP contribution in [0, 0.1) is 5.82 Å². The molecule has 1 atom stereocenters. The maximum atomic E-state index is 13.6. The van der Waals surface area contributed by atoms with Crippen molar-refractivity contribution in [2.45, 2.75) is 39.5 Å². The molecule has 0 aromatic heterocycles. The lowest BCUT2D eigenvalue weighted by Crippen LogP contribution is -2.47. The van der Waals surface area contributed by atoms with Gasteiger partial charge in [-0.15, -0.1) is 0 Å². The van der Waals surface area contributed by atoms with Gasteiger partial charge in [0.05, 0.1) is 25.2 Å². The van der Waals surface area contributed by atoms with Crippen molar-refractivity contribution in [3.05, 3.63) is 53.8 Å². The summed E-state index contributed by atoms with van der Waals surface area (Å²) in [5.41, 5.74) is 0.831. The molecule has 0 heterocycles. The van der Waals surface area contributed by atoms with Gasteiger partial charge in [-0.05, 0) is 56.7 Å². The van der Waals surface area contributed by atoms with Crippen molar-refractivity contribution >= 4 is 21.6 Å². The zero-order chi connectivity index (χ0) is 22.5. The van der Waals surface area contributed by atoms with E-state index >= 15 is 0 Å². The Morgan fingerprint density at radius 3 is 2.40 bits per heavy atom. The molecule has 0 bridgehead atoms. The summed E-state index contributed by atoms with van der Waals surface area (Å²) >= 11 is 0. The first-order chi connectivity index (χ1) is 14.0. The predicted molar refractivity (Wildman–Crippen MR) is 114 cm³/mol. The first-order valence-corrected chi connectivity index (χ1v) is 11.2. The van der Waals surface area contributed by atoms with Gasteiger partial charge in [-0.3, -0.25) is 9.10 Å². The van der Waals surface area contributed by atoms with Crippen LogP contribution in [0.2, 0.25) is 0 Å². The third-order valence-corrected chi connectivity index (χ3v) is 5.45. The normalized spacial score (nSPS) is 12.4. The minimum Gasteiger partial charge on any atom is -0.493 e. The zero-order valence-electron chi connectivity index (χ0n) is 17.7. The number of nitrogens with zero attached hydrogens (tertiary/aromatic N) is 1. The first kappa shape index (κ1) is 23.5. The van der Waals surface area contributed by atoms with E-state index < -0.39 is 27.8 Å². The molecule has 1 N–H and O–H groups in total. The van der Waals surface area contributed by atoms with Gasteiger partial charge in [0.25, 0.3) is 0 Å². The SMILES string of the molecule is COc1cc(CNC(=O)[C@H](C)N(c2cccc(F)c2)S(C)(=O)=O)ccc1OC(C)C. The van der Waals surface area contributed by atoms with Gasteiger partial charge in [0.1, 0.15) is 11.9 Å². The van der Waals surface area contributed by atoms with Gasteiger partial charge in [-0.2, -0.15) is 0 Å². The number of carbonyl (C=O) groups is 1. The lowest BCUT2D eigenvalue weighted by atomic mass is 10.2. The number of nitrogens with one attached hydrogen (secondary N) is 1. The number of ether oxygens (including phenoxy) is 2. The number of hydrogen-bond donors (Lipinski definition) is 1. The number of benzene rings is 2. The summed E-state index contributed by atoms with van der Waals surface area (Å²) in [6, 6.07) is 9.30. The molecule has 0 aliphatic carbocycles. The first-order valence-electron chi connectivity index (χ1n) is 9.39. The Morgan fingerprint density at radius 1 is 1.13 bits per heavy atom. The molecule has 0 saturated carbocycles. The lowest BCUT2D eigenvalue weighted by molar-refractivity contribution is -0.122. The molecule has 0 unspecified atom stereocenters. The highest BCUT2D eigenvalue weighted by Gasteiger charge is 2.29. The highest BCUT2D eigenvalue weighted by Crippen LogP contribution is 2.29. The van der Waals surface area contributed by atoms with E-state index in [-0.39, 0.29) is 18.3 Å². The molecule has 2 aromatic carbocycles. The monoisotopic (exact) mass is 438 g/mol. The standard InChI is InChI=1S/C21H27FN2O5S/c1-14(2)29-19-10-9-16(11-20(19)28-4)13-23-21(25)15(3)24(30(5,26)27)18-8-6-7-17(22)12-18/h6-12,14-15H,13H2,1-5H3,(H,23,25)/t15-/m0/s1. The molecule has 0 spiro atoms. The molecule has 0 radical (unpaired) electrons. The number of sulfonamides is 1. The molecule has 0 aliphatic rings. The molecule has 0 saturated heterocycles. The molecule has 0 fully saturated rings. The van der Waals surface area contributed by atoms with Crippen molar-refractivity contribution in [2.24, 2.45) is 0 Å². The highest BCUT2D eigenvalue weighted by molar-refractivity contribution is 7.92. The zero-order valence-corrected chi connectivity index (χ0v) is 18.5. The minimum atomic E-state index is -3.82. The molecule has 2 aromatic rings. The molecular weight excluding hydrogens is 411 g/mol. The van der Waals surface area contributed by atoms with Crippen molar-refractivity contribution < 1.29 is 27.1 Å². The molecule has 30 heavy (non-hydrogen) atoms. The van der Waals surface area contributed by atoms with Crippen molar-refractivity contribution in [3.63, 3.8) is 0 Å². The van der Waals surface area contributed by atoms with Gasteiger partial charge in [-0.25, -0.2) is 12.8 Å². The summed E-state index contributed by atoms with van der Waals surface area (Å²) in [5, 5.41) is 2.71. The van der Waals surface area contributed by atoms with Crippen LogP contribution >= 0.6 is 0 Å². The molecule has 2 rings (SSSR count). The molecular formula is C21H27FN2O5S. The largest absolute Gasteiger partial charge is 0.493 e.